The van der Waals surface area contributed by atoms with E-state index in [1.807, 2.05) is 0 Å². The SMILES string of the molecule is C1CCC(CC2CCC3CCCCC3C2)CC1.C1CCC(CCCCCC2CCCCC2)CC1. The second-order valence-corrected chi connectivity index (χ2v) is 13.9. The van der Waals surface area contributed by atoms with E-state index in [0.717, 1.165) is 35.5 Å². The van der Waals surface area contributed by atoms with Crippen molar-refractivity contribution in [1.29, 1.82) is 0 Å². The molecule has 198 valence electrons. The van der Waals surface area contributed by atoms with Gasteiger partial charge in [-0.1, -0.05) is 161 Å². The van der Waals surface area contributed by atoms with Crippen molar-refractivity contribution in [3.63, 3.8) is 0 Å². The molecule has 0 aromatic heterocycles. The van der Waals surface area contributed by atoms with E-state index in [2.05, 4.69) is 0 Å². The van der Waals surface area contributed by atoms with Gasteiger partial charge in [-0.2, -0.15) is 0 Å². The van der Waals surface area contributed by atoms with E-state index in [-0.39, 0.29) is 0 Å². The minimum atomic E-state index is 1.11. The average Bonchev–Trinajstić information content (AvgIpc) is 2.91. The van der Waals surface area contributed by atoms with Crippen molar-refractivity contribution in [2.75, 3.05) is 0 Å². The van der Waals surface area contributed by atoms with Gasteiger partial charge in [0.25, 0.3) is 0 Å². The number of fused-ring (bicyclic) bond motifs is 1. The Balaban J connectivity index is 0.000000161. The lowest BCUT2D eigenvalue weighted by atomic mass is 9.65. The number of unbranched alkanes of at least 4 members (excludes halogenated alkanes) is 2. The normalized spacial score (nSPS) is 31.9. The summed E-state index contributed by atoms with van der Waals surface area (Å²) >= 11 is 0. The van der Waals surface area contributed by atoms with E-state index in [9.17, 15) is 0 Å². The highest BCUT2D eigenvalue weighted by molar-refractivity contribution is 4.84. The van der Waals surface area contributed by atoms with E-state index < -0.39 is 0 Å². The van der Waals surface area contributed by atoms with Crippen molar-refractivity contribution >= 4 is 0 Å². The van der Waals surface area contributed by atoms with Crippen LogP contribution in [-0.2, 0) is 0 Å². The van der Waals surface area contributed by atoms with Gasteiger partial charge < -0.3 is 0 Å². The van der Waals surface area contributed by atoms with Crippen LogP contribution in [0.15, 0.2) is 0 Å². The molecule has 0 heterocycles. The Morgan fingerprint density at radius 2 is 0.794 bits per heavy atom. The van der Waals surface area contributed by atoms with E-state index in [1.54, 1.807) is 89.9 Å². The zero-order chi connectivity index (χ0) is 23.3. The standard InChI is InChI=1S/C17H30.C17H32/c1-2-6-14(7-3-1)12-15-10-11-16-8-4-5-9-17(16)13-15;1-4-10-16(11-5-1)14-8-3-9-15-17-12-6-2-7-13-17/h14-17H,1-13H2;16-17H,1-15H2. The number of hydrogen-bond acceptors (Lipinski definition) is 0. The molecule has 0 saturated heterocycles. The fourth-order valence-corrected chi connectivity index (χ4v) is 9.07. The monoisotopic (exact) mass is 470 g/mol. The van der Waals surface area contributed by atoms with Crippen molar-refractivity contribution in [1.82, 2.24) is 0 Å². The van der Waals surface area contributed by atoms with Crippen molar-refractivity contribution < 1.29 is 0 Å². The van der Waals surface area contributed by atoms with E-state index in [1.165, 1.54) is 89.9 Å². The molecule has 5 aliphatic carbocycles. The van der Waals surface area contributed by atoms with Crippen LogP contribution in [0.2, 0.25) is 0 Å². The molecule has 0 aromatic carbocycles. The summed E-state index contributed by atoms with van der Waals surface area (Å²) in [4.78, 5) is 0. The van der Waals surface area contributed by atoms with Crippen LogP contribution in [0.25, 0.3) is 0 Å². The topological polar surface area (TPSA) is 0 Å². The Morgan fingerprint density at radius 1 is 0.324 bits per heavy atom. The quantitative estimate of drug-likeness (QED) is 0.309. The molecular weight excluding hydrogens is 408 g/mol. The Hall–Kier alpha value is 0. The Kier molecular flexibility index (Phi) is 12.7. The largest absolute Gasteiger partial charge is 0.0533 e. The third-order valence-electron chi connectivity index (χ3n) is 11.2. The van der Waals surface area contributed by atoms with Crippen LogP contribution >= 0.6 is 0 Å². The predicted octanol–water partition coefficient (Wildman–Crippen LogP) is 11.7. The smallest absolute Gasteiger partial charge is 0.0383 e. The number of rotatable bonds is 8. The maximum Gasteiger partial charge on any atom is -0.0383 e. The van der Waals surface area contributed by atoms with Crippen molar-refractivity contribution in [3.8, 4) is 0 Å². The van der Waals surface area contributed by atoms with Gasteiger partial charge in [-0.15, -0.1) is 0 Å². The van der Waals surface area contributed by atoms with E-state index in [0.29, 0.717) is 0 Å². The maximum atomic E-state index is 1.61. The van der Waals surface area contributed by atoms with Crippen LogP contribution < -0.4 is 0 Å². The molecule has 5 saturated carbocycles. The van der Waals surface area contributed by atoms with Crippen LogP contribution in [0.5, 0.6) is 0 Å². The highest BCUT2D eigenvalue weighted by atomic mass is 14.4. The summed E-state index contributed by atoms with van der Waals surface area (Å²) in [7, 11) is 0. The van der Waals surface area contributed by atoms with Gasteiger partial charge in [0.1, 0.15) is 0 Å². The fraction of sp³-hybridized carbons (Fsp3) is 1.00. The second kappa shape index (κ2) is 16.0. The minimum absolute atomic E-state index is 1.11. The molecule has 34 heavy (non-hydrogen) atoms. The highest BCUT2D eigenvalue weighted by Gasteiger charge is 2.33. The van der Waals surface area contributed by atoms with Gasteiger partial charge in [-0.05, 0) is 54.8 Å². The van der Waals surface area contributed by atoms with Crippen molar-refractivity contribution in [2.24, 2.45) is 35.5 Å². The first-order valence-corrected chi connectivity index (χ1v) is 16.9. The third kappa shape index (κ3) is 9.81. The molecule has 5 aliphatic rings. The predicted molar refractivity (Wildman–Crippen MR) is 150 cm³/mol. The zero-order valence-electron chi connectivity index (χ0n) is 23.3. The number of hydrogen-bond donors (Lipinski definition) is 0. The van der Waals surface area contributed by atoms with Crippen LogP contribution in [-0.4, -0.2) is 0 Å². The molecule has 5 rings (SSSR count). The summed E-state index contributed by atoms with van der Waals surface area (Å²) in [5.74, 6) is 6.75. The minimum Gasteiger partial charge on any atom is -0.0533 e. The highest BCUT2D eigenvalue weighted by Crippen LogP contribution is 2.45. The van der Waals surface area contributed by atoms with Crippen LogP contribution in [0.4, 0.5) is 0 Å². The summed E-state index contributed by atoms with van der Waals surface area (Å²) in [5.41, 5.74) is 0. The van der Waals surface area contributed by atoms with Crippen molar-refractivity contribution in [2.45, 2.75) is 180 Å². The maximum absolute atomic E-state index is 1.61. The molecule has 3 atom stereocenters. The van der Waals surface area contributed by atoms with Gasteiger partial charge in [-0.3, -0.25) is 0 Å². The van der Waals surface area contributed by atoms with Gasteiger partial charge in [0, 0.05) is 0 Å². The lowest BCUT2D eigenvalue weighted by molar-refractivity contribution is 0.111. The molecular formula is C34H62. The molecule has 0 bridgehead atoms. The van der Waals surface area contributed by atoms with E-state index in [4.69, 9.17) is 0 Å². The summed E-state index contributed by atoms with van der Waals surface area (Å²) in [5, 5.41) is 0. The Bertz CT molecular complexity index is 468. The molecule has 0 spiro atoms. The van der Waals surface area contributed by atoms with Gasteiger partial charge in [0.05, 0.1) is 0 Å². The van der Waals surface area contributed by atoms with Gasteiger partial charge >= 0.3 is 0 Å². The van der Waals surface area contributed by atoms with Gasteiger partial charge in [-0.25, -0.2) is 0 Å². The lowest BCUT2D eigenvalue weighted by Crippen LogP contribution is -2.28. The molecule has 5 fully saturated rings. The van der Waals surface area contributed by atoms with Crippen molar-refractivity contribution in [3.05, 3.63) is 0 Å². The molecule has 0 radical (unpaired) electrons. The van der Waals surface area contributed by atoms with Crippen LogP contribution in [0.3, 0.4) is 0 Å². The molecule has 0 nitrogen and oxygen atoms in total. The summed E-state index contributed by atoms with van der Waals surface area (Å²) in [6, 6.07) is 0. The molecule has 3 unspecified atom stereocenters. The molecule has 0 aromatic rings. The van der Waals surface area contributed by atoms with Crippen LogP contribution in [0.1, 0.15) is 180 Å². The summed E-state index contributed by atoms with van der Waals surface area (Å²) in [6.45, 7) is 0. The van der Waals surface area contributed by atoms with Gasteiger partial charge in [0.15, 0.2) is 0 Å². The lowest BCUT2D eigenvalue weighted by Gasteiger charge is -2.40. The average molecular weight is 471 g/mol. The zero-order valence-corrected chi connectivity index (χ0v) is 23.3. The first kappa shape index (κ1) is 27.0. The molecule has 0 aliphatic heterocycles. The summed E-state index contributed by atoms with van der Waals surface area (Å²) in [6.07, 6.45) is 43.2. The Morgan fingerprint density at radius 3 is 1.35 bits per heavy atom. The second-order valence-electron chi connectivity index (χ2n) is 13.9. The van der Waals surface area contributed by atoms with Gasteiger partial charge in [0.2, 0.25) is 0 Å². The molecule has 0 amide bonds. The Labute approximate surface area is 215 Å². The summed E-state index contributed by atoms with van der Waals surface area (Å²) < 4.78 is 0. The fourth-order valence-electron chi connectivity index (χ4n) is 9.07. The van der Waals surface area contributed by atoms with Crippen LogP contribution in [0, 0.1) is 35.5 Å². The molecule has 0 heteroatoms. The van der Waals surface area contributed by atoms with E-state index >= 15 is 0 Å². The third-order valence-corrected chi connectivity index (χ3v) is 11.2. The first-order valence-electron chi connectivity index (χ1n) is 16.9. The first-order chi connectivity index (χ1) is 16.9. The molecule has 0 N–H and O–H groups in total.